The molecule has 3 nitrogen and oxygen atoms in total. The lowest BCUT2D eigenvalue weighted by Crippen LogP contribution is -2.37. The zero-order chi connectivity index (χ0) is 12.3. The fourth-order valence-electron chi connectivity index (χ4n) is 2.41. The molecule has 3 heteroatoms. The van der Waals surface area contributed by atoms with Crippen molar-refractivity contribution in [3.8, 4) is 0 Å². The normalized spacial score (nSPS) is 20.5. The van der Waals surface area contributed by atoms with Gasteiger partial charge in [0.15, 0.2) is 0 Å². The van der Waals surface area contributed by atoms with Crippen molar-refractivity contribution in [3.05, 3.63) is 29.8 Å². The van der Waals surface area contributed by atoms with Crippen molar-refractivity contribution in [2.24, 2.45) is 0 Å². The van der Waals surface area contributed by atoms with Crippen LogP contribution in [0.2, 0.25) is 0 Å². The highest BCUT2D eigenvalue weighted by Crippen LogP contribution is 2.19. The van der Waals surface area contributed by atoms with Crippen molar-refractivity contribution in [2.45, 2.75) is 32.2 Å². The molecule has 1 amide bonds. The van der Waals surface area contributed by atoms with Gasteiger partial charge in [0.1, 0.15) is 0 Å². The van der Waals surface area contributed by atoms with Crippen LogP contribution in [0.15, 0.2) is 24.3 Å². The minimum absolute atomic E-state index is 0.0416. The fourth-order valence-corrected chi connectivity index (χ4v) is 2.41. The topological polar surface area (TPSA) is 32.3 Å². The fraction of sp³-hybridized carbons (Fsp3) is 0.500. The molecule has 1 aromatic carbocycles. The highest BCUT2D eigenvalue weighted by molar-refractivity contribution is 5.95. The Bertz CT molecular complexity index is 403. The van der Waals surface area contributed by atoms with Crippen molar-refractivity contribution in [3.63, 3.8) is 0 Å². The van der Waals surface area contributed by atoms with Gasteiger partial charge in [-0.1, -0.05) is 25.1 Å². The average molecular weight is 232 g/mol. The molecule has 0 saturated carbocycles. The zero-order valence-corrected chi connectivity index (χ0v) is 10.6. The Kier molecular flexibility index (Phi) is 3.79. The van der Waals surface area contributed by atoms with Crippen molar-refractivity contribution >= 4 is 11.6 Å². The van der Waals surface area contributed by atoms with E-state index in [0.29, 0.717) is 0 Å². The molecule has 1 N–H and O–H groups in total. The Labute approximate surface area is 103 Å². The first-order valence-electron chi connectivity index (χ1n) is 6.31. The van der Waals surface area contributed by atoms with E-state index in [2.05, 4.69) is 23.2 Å². The number of benzene rings is 1. The van der Waals surface area contributed by atoms with Gasteiger partial charge in [-0.2, -0.15) is 0 Å². The summed E-state index contributed by atoms with van der Waals surface area (Å²) in [5, 5.41) is 3.05. The molecule has 1 atom stereocenters. The molecular formula is C14H20N2O. The van der Waals surface area contributed by atoms with Crippen LogP contribution in [0.3, 0.4) is 0 Å². The maximum absolute atomic E-state index is 12.1. The van der Waals surface area contributed by atoms with E-state index in [1.165, 1.54) is 5.56 Å². The lowest BCUT2D eigenvalue weighted by Gasteiger charge is -2.19. The van der Waals surface area contributed by atoms with Crippen LogP contribution in [0, 0.1) is 0 Å². The predicted octanol–water partition coefficient (Wildman–Crippen LogP) is 2.28. The number of carbonyl (C=O) groups excluding carboxylic acids is 1. The number of hydrogen-bond donors (Lipinski definition) is 1. The van der Waals surface area contributed by atoms with E-state index in [1.807, 2.05) is 25.2 Å². The molecular weight excluding hydrogens is 212 g/mol. The van der Waals surface area contributed by atoms with Gasteiger partial charge >= 0.3 is 0 Å². The Morgan fingerprint density at radius 2 is 2.24 bits per heavy atom. The van der Waals surface area contributed by atoms with Crippen LogP contribution in [0.4, 0.5) is 5.69 Å². The molecule has 17 heavy (non-hydrogen) atoms. The molecule has 1 aliphatic rings. The Morgan fingerprint density at radius 3 is 2.88 bits per heavy atom. The van der Waals surface area contributed by atoms with Crippen molar-refractivity contribution < 1.29 is 4.79 Å². The van der Waals surface area contributed by atoms with Gasteiger partial charge in [-0.25, -0.2) is 0 Å². The summed E-state index contributed by atoms with van der Waals surface area (Å²) in [6, 6.07) is 8.06. The number of carbonyl (C=O) groups is 1. The standard InChI is InChI=1S/C14H20N2O/c1-3-11-7-4-5-8-12(11)15-14(17)13-9-6-10-16(13)2/h4-5,7-8,13H,3,6,9-10H2,1-2H3,(H,15,17). The first-order valence-corrected chi connectivity index (χ1v) is 6.31. The zero-order valence-electron chi connectivity index (χ0n) is 10.6. The number of rotatable bonds is 3. The monoisotopic (exact) mass is 232 g/mol. The van der Waals surface area contributed by atoms with Gasteiger partial charge in [0.2, 0.25) is 5.91 Å². The number of aryl methyl sites for hydroxylation is 1. The number of amides is 1. The number of likely N-dealkylation sites (tertiary alicyclic amines) is 1. The smallest absolute Gasteiger partial charge is 0.241 e. The SMILES string of the molecule is CCc1ccccc1NC(=O)C1CCCN1C. The van der Waals surface area contributed by atoms with Gasteiger partial charge < -0.3 is 5.32 Å². The first-order chi connectivity index (χ1) is 8.22. The van der Waals surface area contributed by atoms with Gasteiger partial charge in [0, 0.05) is 5.69 Å². The summed E-state index contributed by atoms with van der Waals surface area (Å²) in [4.78, 5) is 14.3. The Hall–Kier alpha value is -1.35. The molecule has 1 heterocycles. The van der Waals surface area contributed by atoms with E-state index in [9.17, 15) is 4.79 Å². The number of anilines is 1. The largest absolute Gasteiger partial charge is 0.324 e. The predicted molar refractivity (Wildman–Crippen MR) is 70.1 cm³/mol. The molecule has 1 aromatic rings. The van der Waals surface area contributed by atoms with Gasteiger partial charge in [-0.3, -0.25) is 9.69 Å². The van der Waals surface area contributed by atoms with Crippen LogP contribution in [0.25, 0.3) is 0 Å². The molecule has 1 fully saturated rings. The highest BCUT2D eigenvalue weighted by atomic mass is 16.2. The quantitative estimate of drug-likeness (QED) is 0.867. The van der Waals surface area contributed by atoms with E-state index in [-0.39, 0.29) is 11.9 Å². The number of likely N-dealkylation sites (N-methyl/N-ethyl adjacent to an activating group) is 1. The van der Waals surface area contributed by atoms with Gasteiger partial charge in [-0.15, -0.1) is 0 Å². The summed E-state index contributed by atoms with van der Waals surface area (Å²) in [6.45, 7) is 3.13. The molecule has 2 rings (SSSR count). The summed E-state index contributed by atoms with van der Waals surface area (Å²) in [5.41, 5.74) is 2.15. The molecule has 1 saturated heterocycles. The summed E-state index contributed by atoms with van der Waals surface area (Å²) in [6.07, 6.45) is 3.03. The molecule has 1 aliphatic heterocycles. The molecule has 0 aromatic heterocycles. The van der Waals surface area contributed by atoms with Crippen molar-refractivity contribution in [1.82, 2.24) is 4.90 Å². The van der Waals surface area contributed by atoms with Crippen LogP contribution in [-0.4, -0.2) is 30.4 Å². The average Bonchev–Trinajstić information content (AvgIpc) is 2.76. The molecule has 92 valence electrons. The van der Waals surface area contributed by atoms with Crippen LogP contribution in [0.5, 0.6) is 0 Å². The van der Waals surface area contributed by atoms with Gasteiger partial charge in [-0.05, 0) is 44.5 Å². The molecule has 0 radical (unpaired) electrons. The Morgan fingerprint density at radius 1 is 1.47 bits per heavy atom. The third-order valence-corrected chi connectivity index (χ3v) is 3.48. The summed E-state index contributed by atoms with van der Waals surface area (Å²) in [7, 11) is 2.02. The van der Waals surface area contributed by atoms with Gasteiger partial charge in [0.25, 0.3) is 0 Å². The number of hydrogen-bond acceptors (Lipinski definition) is 2. The van der Waals surface area contributed by atoms with Crippen molar-refractivity contribution in [1.29, 1.82) is 0 Å². The number of nitrogens with zero attached hydrogens (tertiary/aromatic N) is 1. The summed E-state index contributed by atoms with van der Waals surface area (Å²) >= 11 is 0. The van der Waals surface area contributed by atoms with Crippen LogP contribution >= 0.6 is 0 Å². The van der Waals surface area contributed by atoms with E-state index in [4.69, 9.17) is 0 Å². The minimum Gasteiger partial charge on any atom is -0.324 e. The van der Waals surface area contributed by atoms with E-state index in [1.54, 1.807) is 0 Å². The second-order valence-corrected chi connectivity index (χ2v) is 4.64. The molecule has 1 unspecified atom stereocenters. The second-order valence-electron chi connectivity index (χ2n) is 4.64. The second kappa shape index (κ2) is 5.32. The lowest BCUT2D eigenvalue weighted by molar-refractivity contribution is -0.119. The molecule has 0 aliphatic carbocycles. The van der Waals surface area contributed by atoms with E-state index in [0.717, 1.165) is 31.5 Å². The van der Waals surface area contributed by atoms with Crippen LogP contribution in [-0.2, 0) is 11.2 Å². The van der Waals surface area contributed by atoms with Crippen LogP contribution < -0.4 is 5.32 Å². The summed E-state index contributed by atoms with van der Waals surface area (Å²) in [5.74, 6) is 0.130. The maximum atomic E-state index is 12.1. The van der Waals surface area contributed by atoms with E-state index >= 15 is 0 Å². The Balaban J connectivity index is 2.07. The molecule has 0 spiro atoms. The van der Waals surface area contributed by atoms with Crippen molar-refractivity contribution in [2.75, 3.05) is 18.9 Å². The van der Waals surface area contributed by atoms with E-state index < -0.39 is 0 Å². The first kappa shape index (κ1) is 12.1. The van der Waals surface area contributed by atoms with Crippen LogP contribution in [0.1, 0.15) is 25.3 Å². The number of para-hydroxylation sites is 1. The third-order valence-electron chi connectivity index (χ3n) is 3.48. The highest BCUT2D eigenvalue weighted by Gasteiger charge is 2.27. The minimum atomic E-state index is 0.0416. The maximum Gasteiger partial charge on any atom is 0.241 e. The van der Waals surface area contributed by atoms with Gasteiger partial charge in [0.05, 0.1) is 6.04 Å². The third kappa shape index (κ3) is 2.67. The summed E-state index contributed by atoms with van der Waals surface area (Å²) < 4.78 is 0. The molecule has 0 bridgehead atoms. The number of nitrogens with one attached hydrogen (secondary N) is 1. The lowest BCUT2D eigenvalue weighted by atomic mass is 10.1.